The van der Waals surface area contributed by atoms with Gasteiger partial charge in [-0.1, -0.05) is 18.2 Å². The topological polar surface area (TPSA) is 45.2 Å². The third-order valence-corrected chi connectivity index (χ3v) is 4.31. The van der Waals surface area contributed by atoms with Crippen molar-refractivity contribution in [3.05, 3.63) is 53.7 Å². The van der Waals surface area contributed by atoms with Crippen LogP contribution in [0, 0.1) is 0 Å². The van der Waals surface area contributed by atoms with Crippen LogP contribution in [0.3, 0.4) is 0 Å². The Hall–Kier alpha value is -2.36. The summed E-state index contributed by atoms with van der Waals surface area (Å²) in [7, 11) is 0. The average Bonchev–Trinajstić information content (AvgIpc) is 3.38. The highest BCUT2D eigenvalue weighted by atomic mass is 16.2. The van der Waals surface area contributed by atoms with Crippen LogP contribution in [0.15, 0.2) is 42.6 Å². The van der Waals surface area contributed by atoms with Crippen LogP contribution >= 0.6 is 0 Å². The molecule has 22 heavy (non-hydrogen) atoms. The second-order valence-electron chi connectivity index (χ2n) is 6.01. The van der Waals surface area contributed by atoms with E-state index in [0.717, 1.165) is 43.7 Å². The lowest BCUT2D eigenvalue weighted by Gasteiger charge is -2.30. The van der Waals surface area contributed by atoms with Gasteiger partial charge < -0.3 is 10.2 Å². The molecule has 2 aromatic rings. The summed E-state index contributed by atoms with van der Waals surface area (Å²) in [6.07, 6.45) is 6.12. The molecular formula is C18H19N3O. The van der Waals surface area contributed by atoms with Crippen molar-refractivity contribution < 1.29 is 4.79 Å². The maximum atomic E-state index is 13.0. The van der Waals surface area contributed by atoms with E-state index in [1.54, 1.807) is 6.20 Å². The molecule has 0 radical (unpaired) electrons. The highest BCUT2D eigenvalue weighted by Gasteiger charge is 2.28. The van der Waals surface area contributed by atoms with E-state index in [2.05, 4.69) is 16.4 Å². The first-order valence-corrected chi connectivity index (χ1v) is 7.94. The number of nitrogens with zero attached hydrogens (tertiary/aromatic N) is 2. The summed E-state index contributed by atoms with van der Waals surface area (Å²) in [5.74, 6) is 0.765. The fourth-order valence-corrected chi connectivity index (χ4v) is 3.00. The van der Waals surface area contributed by atoms with Crippen LogP contribution in [-0.2, 0) is 6.42 Å². The predicted molar refractivity (Wildman–Crippen MR) is 87.3 cm³/mol. The number of hydrogen-bond donors (Lipinski definition) is 1. The van der Waals surface area contributed by atoms with Crippen molar-refractivity contribution in [3.63, 3.8) is 0 Å². The number of fused-ring (bicyclic) bond motifs is 1. The number of amides is 1. The fraction of sp³-hybridized carbons (Fsp3) is 0.333. The first-order valence-electron chi connectivity index (χ1n) is 7.94. The molecular weight excluding hydrogens is 274 g/mol. The van der Waals surface area contributed by atoms with Crippen LogP contribution in [0.25, 0.3) is 0 Å². The quantitative estimate of drug-likeness (QED) is 0.945. The van der Waals surface area contributed by atoms with Gasteiger partial charge in [-0.05, 0) is 49.4 Å². The van der Waals surface area contributed by atoms with Crippen LogP contribution in [0.2, 0.25) is 0 Å². The van der Waals surface area contributed by atoms with Gasteiger partial charge in [0.1, 0.15) is 5.82 Å². The number of carbonyl (C=O) groups is 1. The number of aromatic nitrogens is 1. The zero-order valence-electron chi connectivity index (χ0n) is 12.5. The Bertz CT molecular complexity index is 709. The molecule has 0 unspecified atom stereocenters. The van der Waals surface area contributed by atoms with Crippen molar-refractivity contribution >= 4 is 17.4 Å². The Morgan fingerprint density at radius 3 is 2.91 bits per heavy atom. The van der Waals surface area contributed by atoms with Crippen molar-refractivity contribution in [2.45, 2.75) is 31.7 Å². The molecule has 0 spiro atoms. The van der Waals surface area contributed by atoms with Crippen molar-refractivity contribution in [1.82, 2.24) is 4.98 Å². The minimum atomic E-state index is 0.0448. The van der Waals surface area contributed by atoms with E-state index >= 15 is 0 Å². The smallest absolute Gasteiger partial charge is 0.262 e. The molecule has 0 bridgehead atoms. The van der Waals surface area contributed by atoms with E-state index in [1.807, 2.05) is 35.2 Å². The summed E-state index contributed by atoms with van der Waals surface area (Å²) in [5, 5.41) is 3.37. The number of benzene rings is 1. The normalized spacial score (nSPS) is 17.0. The summed E-state index contributed by atoms with van der Waals surface area (Å²) in [6, 6.07) is 12.4. The summed E-state index contributed by atoms with van der Waals surface area (Å²) < 4.78 is 0. The van der Waals surface area contributed by atoms with Gasteiger partial charge in [-0.15, -0.1) is 0 Å². The van der Waals surface area contributed by atoms with Gasteiger partial charge in [0.2, 0.25) is 0 Å². The molecule has 1 amide bonds. The minimum Gasteiger partial charge on any atom is -0.367 e. The number of aryl methyl sites for hydroxylation is 1. The molecule has 1 aliphatic heterocycles. The molecule has 1 N–H and O–H groups in total. The predicted octanol–water partition coefficient (Wildman–Crippen LogP) is 3.25. The van der Waals surface area contributed by atoms with Crippen LogP contribution < -0.4 is 10.2 Å². The van der Waals surface area contributed by atoms with Crippen LogP contribution in [0.5, 0.6) is 0 Å². The van der Waals surface area contributed by atoms with Gasteiger partial charge in [0, 0.05) is 24.5 Å². The zero-order chi connectivity index (χ0) is 14.9. The number of rotatable bonds is 3. The average molecular weight is 293 g/mol. The zero-order valence-corrected chi connectivity index (χ0v) is 12.5. The van der Waals surface area contributed by atoms with Crippen LogP contribution in [0.1, 0.15) is 35.2 Å². The maximum Gasteiger partial charge on any atom is 0.262 e. The summed E-state index contributed by atoms with van der Waals surface area (Å²) >= 11 is 0. The molecule has 1 aromatic heterocycles. The van der Waals surface area contributed by atoms with Gasteiger partial charge in [-0.3, -0.25) is 4.79 Å². The van der Waals surface area contributed by atoms with Crippen LogP contribution in [-0.4, -0.2) is 23.5 Å². The van der Waals surface area contributed by atoms with E-state index < -0.39 is 0 Å². The van der Waals surface area contributed by atoms with E-state index in [1.165, 1.54) is 5.56 Å². The number of nitrogens with one attached hydrogen (secondary N) is 1. The Morgan fingerprint density at radius 2 is 2.05 bits per heavy atom. The van der Waals surface area contributed by atoms with E-state index in [4.69, 9.17) is 0 Å². The Kier molecular flexibility index (Phi) is 3.29. The molecule has 0 saturated heterocycles. The van der Waals surface area contributed by atoms with Crippen molar-refractivity contribution in [2.75, 3.05) is 16.8 Å². The molecule has 1 aromatic carbocycles. The molecule has 0 atom stereocenters. The van der Waals surface area contributed by atoms with Gasteiger partial charge in [0.25, 0.3) is 5.91 Å². The van der Waals surface area contributed by atoms with Gasteiger partial charge in [-0.2, -0.15) is 0 Å². The molecule has 4 rings (SSSR count). The number of pyridine rings is 1. The third-order valence-electron chi connectivity index (χ3n) is 4.31. The lowest BCUT2D eigenvalue weighted by atomic mass is 10.0. The lowest BCUT2D eigenvalue weighted by molar-refractivity contribution is 0.0985. The number of carbonyl (C=O) groups excluding carboxylic acids is 1. The summed E-state index contributed by atoms with van der Waals surface area (Å²) in [5.41, 5.74) is 2.97. The SMILES string of the molecule is O=C(c1cccnc1NC1CC1)N1CCCc2ccccc21. The monoisotopic (exact) mass is 293 g/mol. The number of hydrogen-bond acceptors (Lipinski definition) is 3. The Morgan fingerprint density at radius 1 is 1.18 bits per heavy atom. The van der Waals surface area contributed by atoms with E-state index in [9.17, 15) is 4.79 Å². The molecule has 4 heteroatoms. The highest BCUT2D eigenvalue weighted by Crippen LogP contribution is 2.30. The number of para-hydroxylation sites is 1. The molecule has 1 saturated carbocycles. The second kappa shape index (κ2) is 5.44. The first-order chi connectivity index (χ1) is 10.8. The number of anilines is 2. The lowest BCUT2D eigenvalue weighted by Crippen LogP contribution is -2.36. The molecule has 1 fully saturated rings. The van der Waals surface area contributed by atoms with Gasteiger partial charge in [0.15, 0.2) is 0 Å². The second-order valence-corrected chi connectivity index (χ2v) is 6.01. The van der Waals surface area contributed by atoms with Crippen LogP contribution in [0.4, 0.5) is 11.5 Å². The minimum absolute atomic E-state index is 0.0448. The standard InChI is InChI=1S/C18H19N3O/c22-18(15-7-3-11-19-17(15)20-14-9-10-14)21-12-4-6-13-5-1-2-8-16(13)21/h1-3,5,7-8,11,14H,4,6,9-10,12H2,(H,19,20). The van der Waals surface area contributed by atoms with E-state index in [-0.39, 0.29) is 5.91 Å². The molecule has 2 aliphatic rings. The largest absolute Gasteiger partial charge is 0.367 e. The van der Waals surface area contributed by atoms with Crippen molar-refractivity contribution in [2.24, 2.45) is 0 Å². The maximum absolute atomic E-state index is 13.0. The third kappa shape index (κ3) is 2.45. The Labute approximate surface area is 130 Å². The fourth-order valence-electron chi connectivity index (χ4n) is 3.00. The molecule has 112 valence electrons. The van der Waals surface area contributed by atoms with Crippen molar-refractivity contribution in [3.8, 4) is 0 Å². The molecule has 2 heterocycles. The van der Waals surface area contributed by atoms with Crippen molar-refractivity contribution in [1.29, 1.82) is 0 Å². The molecule has 1 aliphatic carbocycles. The molecule has 4 nitrogen and oxygen atoms in total. The van der Waals surface area contributed by atoms with Gasteiger partial charge in [0.05, 0.1) is 5.56 Å². The van der Waals surface area contributed by atoms with E-state index in [0.29, 0.717) is 11.6 Å². The Balaban J connectivity index is 1.68. The highest BCUT2D eigenvalue weighted by molar-refractivity contribution is 6.09. The summed E-state index contributed by atoms with van der Waals surface area (Å²) in [6.45, 7) is 0.771. The summed E-state index contributed by atoms with van der Waals surface area (Å²) in [4.78, 5) is 19.3. The van der Waals surface area contributed by atoms with Gasteiger partial charge >= 0.3 is 0 Å². The first kappa shape index (κ1) is 13.3. The van der Waals surface area contributed by atoms with Gasteiger partial charge in [-0.25, -0.2) is 4.98 Å².